The highest BCUT2D eigenvalue weighted by Crippen LogP contribution is 2.16. The summed E-state index contributed by atoms with van der Waals surface area (Å²) in [5, 5.41) is -0.275. The Morgan fingerprint density at radius 3 is 2.75 bits per heavy atom. The third kappa shape index (κ3) is 1.80. The summed E-state index contributed by atoms with van der Waals surface area (Å²) in [6, 6.07) is 5.43. The second-order valence-electron chi connectivity index (χ2n) is 2.58. The monoisotopic (exact) mass is 181 g/mol. The predicted octanol–water partition coefficient (Wildman–Crippen LogP) is 1.90. The van der Waals surface area contributed by atoms with Gasteiger partial charge in [-0.2, -0.15) is 0 Å². The highest BCUT2D eigenvalue weighted by atomic mass is 32.1. The lowest BCUT2D eigenvalue weighted by Gasteiger charge is -2.02. The minimum Gasteiger partial charge on any atom is -0.398 e. The lowest BCUT2D eigenvalue weighted by molar-refractivity contribution is 0.109. The minimum absolute atomic E-state index is 0.275. The third-order valence-corrected chi connectivity index (χ3v) is 2.00. The van der Waals surface area contributed by atoms with Gasteiger partial charge in [0.15, 0.2) is 0 Å². The van der Waals surface area contributed by atoms with Crippen LogP contribution in [0, 0.1) is 0 Å². The van der Waals surface area contributed by atoms with Crippen LogP contribution in [0.5, 0.6) is 0 Å². The van der Waals surface area contributed by atoms with Crippen LogP contribution in [-0.2, 0) is 6.42 Å². The average Bonchev–Trinajstić information content (AvgIpc) is 2.05. The molecular weight excluding hydrogens is 170 g/mol. The molecule has 0 atom stereocenters. The fourth-order valence-corrected chi connectivity index (χ4v) is 1.20. The first-order valence-corrected chi connectivity index (χ1v) is 4.21. The summed E-state index contributed by atoms with van der Waals surface area (Å²) in [6.07, 6.45) is 0.897. The van der Waals surface area contributed by atoms with Crippen LogP contribution < -0.4 is 5.73 Å². The van der Waals surface area contributed by atoms with Crippen molar-refractivity contribution in [1.82, 2.24) is 0 Å². The maximum absolute atomic E-state index is 10.9. The summed E-state index contributed by atoms with van der Waals surface area (Å²) in [4.78, 5) is 10.9. The zero-order chi connectivity index (χ0) is 9.14. The molecule has 0 saturated carbocycles. The van der Waals surface area contributed by atoms with Crippen molar-refractivity contribution in [3.8, 4) is 0 Å². The van der Waals surface area contributed by atoms with E-state index in [4.69, 9.17) is 5.73 Å². The van der Waals surface area contributed by atoms with Crippen molar-refractivity contribution in [1.29, 1.82) is 0 Å². The Bertz CT molecular complexity index is 309. The van der Waals surface area contributed by atoms with Gasteiger partial charge in [-0.05, 0) is 24.1 Å². The molecule has 12 heavy (non-hydrogen) atoms. The van der Waals surface area contributed by atoms with Gasteiger partial charge in [0, 0.05) is 5.69 Å². The van der Waals surface area contributed by atoms with Crippen molar-refractivity contribution in [3.05, 3.63) is 29.3 Å². The largest absolute Gasteiger partial charge is 0.398 e. The number of carbonyl (C=O) groups excluding carboxylic acids is 1. The van der Waals surface area contributed by atoms with Gasteiger partial charge in [0.25, 0.3) is 0 Å². The Kier molecular flexibility index (Phi) is 2.76. The lowest BCUT2D eigenvalue weighted by atomic mass is 10.1. The quantitative estimate of drug-likeness (QED) is 0.540. The van der Waals surface area contributed by atoms with Crippen LogP contribution in [0.4, 0.5) is 5.69 Å². The number of nitrogen functional groups attached to an aromatic ring is 1. The van der Waals surface area contributed by atoms with E-state index in [2.05, 4.69) is 12.6 Å². The Balaban J connectivity index is 3.17. The molecule has 0 spiro atoms. The van der Waals surface area contributed by atoms with Crippen molar-refractivity contribution in [2.24, 2.45) is 0 Å². The molecule has 1 rings (SSSR count). The first-order chi connectivity index (χ1) is 5.65. The van der Waals surface area contributed by atoms with Gasteiger partial charge in [0.05, 0.1) is 5.56 Å². The molecule has 0 fully saturated rings. The summed E-state index contributed by atoms with van der Waals surface area (Å²) in [7, 11) is 0. The zero-order valence-electron chi connectivity index (χ0n) is 6.87. The number of rotatable bonds is 2. The molecule has 0 saturated heterocycles. The maximum Gasteiger partial charge on any atom is 0.218 e. The summed E-state index contributed by atoms with van der Waals surface area (Å²) in [6.45, 7) is 2.03. The van der Waals surface area contributed by atoms with Crippen molar-refractivity contribution in [2.75, 3.05) is 5.73 Å². The van der Waals surface area contributed by atoms with Crippen LogP contribution >= 0.6 is 12.6 Å². The van der Waals surface area contributed by atoms with E-state index in [1.165, 1.54) is 0 Å². The van der Waals surface area contributed by atoms with Crippen molar-refractivity contribution in [3.63, 3.8) is 0 Å². The van der Waals surface area contributed by atoms with Gasteiger partial charge in [-0.15, -0.1) is 12.6 Å². The van der Waals surface area contributed by atoms with Gasteiger partial charge in [0.2, 0.25) is 5.12 Å². The minimum atomic E-state index is -0.275. The SMILES string of the molecule is CCc1ccc(N)c(C(=O)S)c1. The molecular formula is C9H11NOS. The molecule has 0 aliphatic heterocycles. The molecule has 1 aromatic rings. The van der Waals surface area contributed by atoms with Gasteiger partial charge in [-0.25, -0.2) is 0 Å². The molecule has 1 aromatic carbocycles. The van der Waals surface area contributed by atoms with E-state index in [9.17, 15) is 4.79 Å². The van der Waals surface area contributed by atoms with E-state index in [0.29, 0.717) is 11.3 Å². The van der Waals surface area contributed by atoms with Gasteiger partial charge in [-0.1, -0.05) is 13.0 Å². The molecule has 0 unspecified atom stereocenters. The molecule has 0 aliphatic carbocycles. The normalized spacial score (nSPS) is 9.83. The first kappa shape index (κ1) is 9.13. The lowest BCUT2D eigenvalue weighted by Crippen LogP contribution is -1.98. The van der Waals surface area contributed by atoms with Crippen molar-refractivity contribution < 1.29 is 4.79 Å². The summed E-state index contributed by atoms with van der Waals surface area (Å²) in [5.74, 6) is 0. The fraction of sp³-hybridized carbons (Fsp3) is 0.222. The number of carbonyl (C=O) groups is 1. The van der Waals surface area contributed by atoms with Gasteiger partial charge in [0.1, 0.15) is 0 Å². The smallest absolute Gasteiger partial charge is 0.218 e. The van der Waals surface area contributed by atoms with E-state index < -0.39 is 0 Å². The van der Waals surface area contributed by atoms with E-state index >= 15 is 0 Å². The average molecular weight is 181 g/mol. The van der Waals surface area contributed by atoms with Crippen LogP contribution in [0.3, 0.4) is 0 Å². The summed E-state index contributed by atoms with van der Waals surface area (Å²) >= 11 is 3.72. The number of benzene rings is 1. The van der Waals surface area contributed by atoms with Crippen LogP contribution in [0.2, 0.25) is 0 Å². The van der Waals surface area contributed by atoms with Crippen LogP contribution in [-0.4, -0.2) is 5.12 Å². The fourth-order valence-electron chi connectivity index (χ4n) is 1.01. The Morgan fingerprint density at radius 1 is 1.58 bits per heavy atom. The number of anilines is 1. The molecule has 0 aromatic heterocycles. The molecule has 0 bridgehead atoms. The molecule has 3 heteroatoms. The van der Waals surface area contributed by atoms with Crippen LogP contribution in [0.25, 0.3) is 0 Å². The summed E-state index contributed by atoms with van der Waals surface area (Å²) < 4.78 is 0. The van der Waals surface area contributed by atoms with E-state index in [0.717, 1.165) is 12.0 Å². The molecule has 0 radical (unpaired) electrons. The second-order valence-corrected chi connectivity index (χ2v) is 2.99. The molecule has 0 aliphatic rings. The predicted molar refractivity (Wildman–Crippen MR) is 53.5 cm³/mol. The van der Waals surface area contributed by atoms with Crippen LogP contribution in [0.15, 0.2) is 18.2 Å². The number of hydrogen-bond donors (Lipinski definition) is 2. The maximum atomic E-state index is 10.9. The number of thiol groups is 1. The molecule has 0 amide bonds. The molecule has 64 valence electrons. The van der Waals surface area contributed by atoms with Gasteiger partial charge >= 0.3 is 0 Å². The van der Waals surface area contributed by atoms with E-state index in [-0.39, 0.29) is 5.12 Å². The zero-order valence-corrected chi connectivity index (χ0v) is 7.77. The second kappa shape index (κ2) is 3.63. The van der Waals surface area contributed by atoms with Crippen molar-refractivity contribution >= 4 is 23.4 Å². The molecule has 2 nitrogen and oxygen atoms in total. The molecule has 2 N–H and O–H groups in total. The topological polar surface area (TPSA) is 43.1 Å². The number of nitrogens with two attached hydrogens (primary N) is 1. The number of hydrogen-bond acceptors (Lipinski definition) is 2. The highest BCUT2D eigenvalue weighted by Gasteiger charge is 2.05. The Hall–Kier alpha value is -0.960. The third-order valence-electron chi connectivity index (χ3n) is 1.76. The highest BCUT2D eigenvalue weighted by molar-refractivity contribution is 7.97. The van der Waals surface area contributed by atoms with Crippen LogP contribution in [0.1, 0.15) is 22.8 Å². The van der Waals surface area contributed by atoms with E-state index in [1.54, 1.807) is 12.1 Å². The Labute approximate surface area is 77.2 Å². The van der Waals surface area contributed by atoms with Gasteiger partial charge in [-0.3, -0.25) is 4.79 Å². The standard InChI is InChI=1S/C9H11NOS/c1-2-6-3-4-8(10)7(5-6)9(11)12/h3-5H,2,10H2,1H3,(H,11,12). The summed E-state index contributed by atoms with van der Waals surface area (Å²) in [5.41, 5.74) is 7.66. The van der Waals surface area contributed by atoms with Crippen molar-refractivity contribution in [2.45, 2.75) is 13.3 Å². The van der Waals surface area contributed by atoms with E-state index in [1.807, 2.05) is 13.0 Å². The first-order valence-electron chi connectivity index (χ1n) is 3.77. The molecule has 0 heterocycles. The van der Waals surface area contributed by atoms with Gasteiger partial charge < -0.3 is 5.73 Å². The number of aryl methyl sites for hydroxylation is 1. The Morgan fingerprint density at radius 2 is 2.25 bits per heavy atom.